The van der Waals surface area contributed by atoms with Gasteiger partial charge in [-0.1, -0.05) is 24.3 Å². The summed E-state index contributed by atoms with van der Waals surface area (Å²) in [6.07, 6.45) is 3.37. The summed E-state index contributed by atoms with van der Waals surface area (Å²) in [4.78, 5) is 1.45. The van der Waals surface area contributed by atoms with Crippen molar-refractivity contribution in [1.82, 2.24) is 4.57 Å². The van der Waals surface area contributed by atoms with Crippen LogP contribution in [0.4, 0.5) is 0 Å². The number of benzene rings is 2. The molecule has 0 amide bonds. The van der Waals surface area contributed by atoms with E-state index in [9.17, 15) is 0 Å². The summed E-state index contributed by atoms with van der Waals surface area (Å²) in [5.41, 5.74) is 9.72. The van der Waals surface area contributed by atoms with Gasteiger partial charge in [0.15, 0.2) is 0 Å². The summed E-state index contributed by atoms with van der Waals surface area (Å²) in [6, 6.07) is 17.5. The molecule has 1 atom stereocenters. The molecule has 1 aliphatic heterocycles. The molecule has 106 valence electrons. The van der Waals surface area contributed by atoms with Gasteiger partial charge < -0.3 is 10.3 Å². The molecular weight excluding hydrogens is 276 g/mol. The largest absolute Gasteiger partial charge is 0.346 e. The van der Waals surface area contributed by atoms with Gasteiger partial charge in [-0.25, -0.2) is 0 Å². The summed E-state index contributed by atoms with van der Waals surface area (Å²) in [7, 11) is 0. The summed E-state index contributed by atoms with van der Waals surface area (Å²) < 4.78 is 2.37. The fourth-order valence-corrected chi connectivity index (χ4v) is 4.43. The van der Waals surface area contributed by atoms with E-state index in [1.165, 1.54) is 33.3 Å². The summed E-state index contributed by atoms with van der Waals surface area (Å²) in [5.74, 6) is 0. The lowest BCUT2D eigenvalue weighted by Gasteiger charge is -2.11. The van der Waals surface area contributed by atoms with Gasteiger partial charge in [0, 0.05) is 34.9 Å². The Balaban J connectivity index is 1.59. The van der Waals surface area contributed by atoms with Crippen molar-refractivity contribution in [2.45, 2.75) is 29.7 Å². The lowest BCUT2D eigenvalue weighted by Crippen LogP contribution is -2.11. The van der Waals surface area contributed by atoms with Gasteiger partial charge in [-0.15, -0.1) is 11.8 Å². The van der Waals surface area contributed by atoms with Crippen molar-refractivity contribution in [3.63, 3.8) is 0 Å². The highest BCUT2D eigenvalue weighted by Crippen LogP contribution is 2.37. The summed E-state index contributed by atoms with van der Waals surface area (Å²) in [5, 5.41) is 1.92. The molecule has 4 rings (SSSR count). The third kappa shape index (κ3) is 2.37. The predicted molar refractivity (Wildman–Crippen MR) is 89.6 cm³/mol. The first-order valence-corrected chi connectivity index (χ1v) is 8.24. The normalized spacial score (nSPS) is 17.3. The minimum Gasteiger partial charge on any atom is -0.346 e. The van der Waals surface area contributed by atoms with Crippen molar-refractivity contribution in [2.75, 3.05) is 0 Å². The molecule has 0 saturated carbocycles. The Bertz CT molecular complexity index is 766. The number of hydrogen-bond donors (Lipinski definition) is 1. The smallest absolute Gasteiger partial charge is 0.0480 e. The van der Waals surface area contributed by atoms with Crippen LogP contribution in [0.15, 0.2) is 59.6 Å². The Morgan fingerprint density at radius 1 is 1.14 bits per heavy atom. The molecule has 21 heavy (non-hydrogen) atoms. The van der Waals surface area contributed by atoms with Crippen molar-refractivity contribution in [1.29, 1.82) is 0 Å². The van der Waals surface area contributed by atoms with Crippen LogP contribution in [0.3, 0.4) is 0 Å². The zero-order chi connectivity index (χ0) is 14.2. The highest BCUT2D eigenvalue weighted by Gasteiger charge is 2.22. The van der Waals surface area contributed by atoms with Crippen LogP contribution in [0.1, 0.15) is 11.1 Å². The molecule has 2 aromatic carbocycles. The number of nitrogens with two attached hydrogens (primary N) is 1. The van der Waals surface area contributed by atoms with E-state index in [2.05, 4.69) is 59.3 Å². The molecule has 0 bridgehead atoms. The van der Waals surface area contributed by atoms with Gasteiger partial charge in [0.25, 0.3) is 0 Å². The Morgan fingerprint density at radius 2 is 2.05 bits per heavy atom. The maximum atomic E-state index is 5.72. The number of aromatic nitrogens is 1. The Hall–Kier alpha value is -1.71. The van der Waals surface area contributed by atoms with Gasteiger partial charge in [0.1, 0.15) is 0 Å². The minimum atomic E-state index is 0.606. The molecule has 3 aromatic rings. The molecule has 0 fully saturated rings. The molecule has 2 heterocycles. The third-order valence-corrected chi connectivity index (χ3v) is 5.49. The molecule has 0 radical (unpaired) electrons. The van der Waals surface area contributed by atoms with E-state index in [1.807, 2.05) is 11.8 Å². The van der Waals surface area contributed by atoms with Crippen molar-refractivity contribution in [3.8, 4) is 0 Å². The van der Waals surface area contributed by atoms with Crippen molar-refractivity contribution < 1.29 is 0 Å². The van der Waals surface area contributed by atoms with E-state index in [0.29, 0.717) is 11.8 Å². The van der Waals surface area contributed by atoms with Crippen LogP contribution in [-0.4, -0.2) is 9.82 Å². The van der Waals surface area contributed by atoms with E-state index in [-0.39, 0.29) is 0 Å². The second kappa shape index (κ2) is 5.24. The number of fused-ring (bicyclic) bond motifs is 2. The topological polar surface area (TPSA) is 30.9 Å². The molecule has 0 spiro atoms. The monoisotopic (exact) mass is 294 g/mol. The molecule has 2 nitrogen and oxygen atoms in total. The first-order chi connectivity index (χ1) is 10.3. The molecule has 0 saturated heterocycles. The van der Waals surface area contributed by atoms with Gasteiger partial charge in [0.2, 0.25) is 0 Å². The molecule has 1 aliphatic rings. The van der Waals surface area contributed by atoms with Gasteiger partial charge in [0.05, 0.1) is 0 Å². The van der Waals surface area contributed by atoms with Gasteiger partial charge in [-0.2, -0.15) is 0 Å². The van der Waals surface area contributed by atoms with Crippen LogP contribution in [0.25, 0.3) is 10.9 Å². The summed E-state index contributed by atoms with van der Waals surface area (Å²) >= 11 is 2.01. The SMILES string of the molecule is NCc1ccc2c(ccn2CC2Cc3ccccc3S2)c1. The number of thioether (sulfide) groups is 1. The van der Waals surface area contributed by atoms with Crippen LogP contribution >= 0.6 is 11.8 Å². The molecule has 1 aromatic heterocycles. The molecule has 1 unspecified atom stereocenters. The molecule has 2 N–H and O–H groups in total. The van der Waals surface area contributed by atoms with E-state index < -0.39 is 0 Å². The Labute approximate surface area is 129 Å². The van der Waals surface area contributed by atoms with Crippen molar-refractivity contribution in [3.05, 3.63) is 65.9 Å². The average Bonchev–Trinajstić information content (AvgIpc) is 3.10. The fraction of sp³-hybridized carbons (Fsp3) is 0.222. The van der Waals surface area contributed by atoms with Crippen LogP contribution < -0.4 is 5.73 Å². The van der Waals surface area contributed by atoms with Crippen LogP contribution in [-0.2, 0) is 19.5 Å². The number of hydrogen-bond acceptors (Lipinski definition) is 2. The second-order valence-corrected chi connectivity index (χ2v) is 6.96. The van der Waals surface area contributed by atoms with Gasteiger partial charge in [-0.3, -0.25) is 0 Å². The first-order valence-electron chi connectivity index (χ1n) is 7.36. The summed E-state index contributed by atoms with van der Waals surface area (Å²) in [6.45, 7) is 1.67. The highest BCUT2D eigenvalue weighted by molar-refractivity contribution is 8.00. The third-order valence-electron chi connectivity index (χ3n) is 4.19. The second-order valence-electron chi connectivity index (χ2n) is 5.62. The maximum absolute atomic E-state index is 5.72. The van der Waals surface area contributed by atoms with Crippen LogP contribution in [0.2, 0.25) is 0 Å². The first kappa shape index (κ1) is 13.0. The maximum Gasteiger partial charge on any atom is 0.0480 e. The lowest BCUT2D eigenvalue weighted by molar-refractivity contribution is 0.685. The zero-order valence-corrected chi connectivity index (χ0v) is 12.6. The molecular formula is C18H18N2S. The van der Waals surface area contributed by atoms with E-state index in [0.717, 1.165) is 6.54 Å². The van der Waals surface area contributed by atoms with Crippen LogP contribution in [0, 0.1) is 0 Å². The van der Waals surface area contributed by atoms with Crippen LogP contribution in [0.5, 0.6) is 0 Å². The van der Waals surface area contributed by atoms with E-state index in [4.69, 9.17) is 5.73 Å². The zero-order valence-electron chi connectivity index (χ0n) is 11.8. The van der Waals surface area contributed by atoms with E-state index in [1.54, 1.807) is 0 Å². The minimum absolute atomic E-state index is 0.606. The Kier molecular flexibility index (Phi) is 3.24. The highest BCUT2D eigenvalue weighted by atomic mass is 32.2. The van der Waals surface area contributed by atoms with Crippen molar-refractivity contribution >= 4 is 22.7 Å². The van der Waals surface area contributed by atoms with Gasteiger partial charge in [-0.05, 0) is 47.2 Å². The molecule has 0 aliphatic carbocycles. The standard InChI is InChI=1S/C18H18N2S/c19-11-13-5-6-17-14(9-13)7-8-20(17)12-16-10-15-3-1-2-4-18(15)21-16/h1-9,16H,10-12,19H2. The quantitative estimate of drug-likeness (QED) is 0.796. The fourth-order valence-electron chi connectivity index (χ4n) is 3.11. The van der Waals surface area contributed by atoms with Crippen molar-refractivity contribution in [2.24, 2.45) is 5.73 Å². The average molecular weight is 294 g/mol. The van der Waals surface area contributed by atoms with E-state index >= 15 is 0 Å². The predicted octanol–water partition coefficient (Wildman–Crippen LogP) is 3.82. The lowest BCUT2D eigenvalue weighted by atomic mass is 10.1. The Morgan fingerprint density at radius 3 is 2.90 bits per heavy atom. The number of nitrogens with zero attached hydrogens (tertiary/aromatic N) is 1. The number of rotatable bonds is 3. The van der Waals surface area contributed by atoms with Gasteiger partial charge >= 0.3 is 0 Å². The molecule has 3 heteroatoms.